The first-order valence-electron chi connectivity index (χ1n) is 9.77. The number of aryl methyl sites for hydroxylation is 1. The summed E-state index contributed by atoms with van der Waals surface area (Å²) in [7, 11) is 0. The molecule has 146 valence electrons. The Bertz CT molecular complexity index is 893. The molecule has 6 heteroatoms. The number of nitrogens with one attached hydrogen (secondary N) is 1. The molecule has 1 saturated carbocycles. The van der Waals surface area contributed by atoms with Crippen molar-refractivity contribution in [1.82, 2.24) is 9.88 Å². The molecular formula is C22H24ClN3O2. The highest BCUT2D eigenvalue weighted by Crippen LogP contribution is 2.50. The van der Waals surface area contributed by atoms with E-state index in [9.17, 15) is 9.59 Å². The van der Waals surface area contributed by atoms with Gasteiger partial charge in [-0.05, 0) is 61.9 Å². The summed E-state index contributed by atoms with van der Waals surface area (Å²) in [5.74, 6) is 0.466. The Morgan fingerprint density at radius 2 is 1.96 bits per heavy atom. The Hall–Kier alpha value is -2.40. The van der Waals surface area contributed by atoms with Crippen LogP contribution in [0.4, 0.5) is 5.82 Å². The van der Waals surface area contributed by atoms with E-state index in [0.29, 0.717) is 23.9 Å². The lowest BCUT2D eigenvalue weighted by molar-refractivity contribution is -0.137. The van der Waals surface area contributed by atoms with E-state index in [-0.39, 0.29) is 17.7 Å². The maximum Gasteiger partial charge on any atom is 0.233 e. The van der Waals surface area contributed by atoms with Crippen LogP contribution < -0.4 is 5.32 Å². The van der Waals surface area contributed by atoms with Crippen molar-refractivity contribution in [3.05, 3.63) is 58.7 Å². The summed E-state index contributed by atoms with van der Waals surface area (Å²) in [5.41, 5.74) is 1.53. The summed E-state index contributed by atoms with van der Waals surface area (Å²) in [4.78, 5) is 32.2. The van der Waals surface area contributed by atoms with E-state index in [0.717, 1.165) is 36.8 Å². The molecule has 2 aliphatic rings. The van der Waals surface area contributed by atoms with Crippen LogP contribution in [0.2, 0.25) is 5.02 Å². The monoisotopic (exact) mass is 397 g/mol. The van der Waals surface area contributed by atoms with Crippen molar-refractivity contribution in [1.29, 1.82) is 0 Å². The minimum Gasteiger partial charge on any atom is -0.341 e. The molecule has 1 atom stereocenters. The standard InChI is InChI=1S/C22H24ClN3O2/c1-15-4-2-12-24-19(15)25-20(27)16-5-3-13-26(14-16)21(28)22(10-11-22)17-6-8-18(23)9-7-17/h2,4,6-9,12,16H,3,5,10-11,13-14H2,1H3,(H,24,25,27). The molecule has 5 nitrogen and oxygen atoms in total. The number of anilines is 1. The summed E-state index contributed by atoms with van der Waals surface area (Å²) >= 11 is 6.00. The van der Waals surface area contributed by atoms with E-state index in [1.54, 1.807) is 6.20 Å². The van der Waals surface area contributed by atoms with Gasteiger partial charge in [0.25, 0.3) is 0 Å². The molecule has 2 amide bonds. The summed E-state index contributed by atoms with van der Waals surface area (Å²) < 4.78 is 0. The highest BCUT2D eigenvalue weighted by Gasteiger charge is 2.53. The highest BCUT2D eigenvalue weighted by molar-refractivity contribution is 6.30. The number of aromatic nitrogens is 1. The van der Waals surface area contributed by atoms with Crippen molar-refractivity contribution in [2.75, 3.05) is 18.4 Å². The van der Waals surface area contributed by atoms with Crippen molar-refractivity contribution in [2.24, 2.45) is 5.92 Å². The Balaban J connectivity index is 1.45. The molecule has 0 radical (unpaired) electrons. The molecule has 1 aliphatic carbocycles. The maximum absolute atomic E-state index is 13.3. The van der Waals surface area contributed by atoms with Crippen LogP contribution in [0.15, 0.2) is 42.6 Å². The Morgan fingerprint density at radius 1 is 1.21 bits per heavy atom. The number of piperidine rings is 1. The summed E-state index contributed by atoms with van der Waals surface area (Å²) in [5, 5.41) is 3.60. The number of pyridine rings is 1. The number of hydrogen-bond donors (Lipinski definition) is 1. The van der Waals surface area contributed by atoms with E-state index >= 15 is 0 Å². The van der Waals surface area contributed by atoms with Crippen LogP contribution in [-0.2, 0) is 15.0 Å². The van der Waals surface area contributed by atoms with Gasteiger partial charge >= 0.3 is 0 Å². The average molecular weight is 398 g/mol. The predicted molar refractivity (Wildman–Crippen MR) is 109 cm³/mol. The number of carbonyl (C=O) groups is 2. The number of carbonyl (C=O) groups excluding carboxylic acids is 2. The van der Waals surface area contributed by atoms with Crippen molar-refractivity contribution >= 4 is 29.2 Å². The first kappa shape index (κ1) is 18.9. The molecule has 0 bridgehead atoms. The largest absolute Gasteiger partial charge is 0.341 e. The number of benzene rings is 1. The zero-order chi connectivity index (χ0) is 19.7. The topological polar surface area (TPSA) is 62.3 Å². The van der Waals surface area contributed by atoms with Gasteiger partial charge in [0.1, 0.15) is 5.82 Å². The summed E-state index contributed by atoms with van der Waals surface area (Å²) in [6.45, 7) is 3.09. The van der Waals surface area contributed by atoms with E-state index < -0.39 is 5.41 Å². The second kappa shape index (κ2) is 7.55. The lowest BCUT2D eigenvalue weighted by atomic mass is 9.91. The third-order valence-electron chi connectivity index (χ3n) is 5.89. The smallest absolute Gasteiger partial charge is 0.233 e. The minimum absolute atomic E-state index is 0.0596. The number of amides is 2. The molecule has 28 heavy (non-hydrogen) atoms. The molecule has 1 aromatic carbocycles. The summed E-state index contributed by atoms with van der Waals surface area (Å²) in [6.07, 6.45) is 5.00. The first-order chi connectivity index (χ1) is 13.5. The Morgan fingerprint density at radius 3 is 2.64 bits per heavy atom. The number of likely N-dealkylation sites (tertiary alicyclic amines) is 1. The van der Waals surface area contributed by atoms with Gasteiger partial charge in [-0.3, -0.25) is 9.59 Å². The molecular weight excluding hydrogens is 374 g/mol. The van der Waals surface area contributed by atoms with Crippen molar-refractivity contribution in [3.63, 3.8) is 0 Å². The zero-order valence-electron chi connectivity index (χ0n) is 16.0. The highest BCUT2D eigenvalue weighted by atomic mass is 35.5. The lowest BCUT2D eigenvalue weighted by Gasteiger charge is -2.34. The van der Waals surface area contributed by atoms with Gasteiger partial charge in [-0.2, -0.15) is 0 Å². The molecule has 1 aromatic heterocycles. The van der Waals surface area contributed by atoms with Crippen LogP contribution in [0.1, 0.15) is 36.8 Å². The van der Waals surface area contributed by atoms with Gasteiger partial charge in [-0.1, -0.05) is 29.8 Å². The van der Waals surface area contributed by atoms with E-state index in [1.807, 2.05) is 48.2 Å². The zero-order valence-corrected chi connectivity index (χ0v) is 16.7. The molecule has 1 saturated heterocycles. The van der Waals surface area contributed by atoms with Crippen LogP contribution in [0.5, 0.6) is 0 Å². The van der Waals surface area contributed by atoms with E-state index in [1.165, 1.54) is 0 Å². The van der Waals surface area contributed by atoms with E-state index in [2.05, 4.69) is 10.3 Å². The molecule has 4 rings (SSSR count). The van der Waals surface area contributed by atoms with Crippen LogP contribution in [0.3, 0.4) is 0 Å². The van der Waals surface area contributed by atoms with Gasteiger partial charge in [-0.25, -0.2) is 4.98 Å². The van der Waals surface area contributed by atoms with Gasteiger partial charge in [0.15, 0.2) is 0 Å². The first-order valence-corrected chi connectivity index (χ1v) is 10.2. The molecule has 0 spiro atoms. The normalized spacial score (nSPS) is 20.5. The molecule has 2 fully saturated rings. The molecule has 1 aliphatic heterocycles. The molecule has 1 unspecified atom stereocenters. The quantitative estimate of drug-likeness (QED) is 0.849. The van der Waals surface area contributed by atoms with Crippen LogP contribution in [0, 0.1) is 12.8 Å². The van der Waals surface area contributed by atoms with Crippen LogP contribution in [0.25, 0.3) is 0 Å². The number of hydrogen-bond acceptors (Lipinski definition) is 3. The second-order valence-corrected chi connectivity index (χ2v) is 8.27. The van der Waals surface area contributed by atoms with Gasteiger partial charge in [-0.15, -0.1) is 0 Å². The number of rotatable bonds is 4. The lowest BCUT2D eigenvalue weighted by Crippen LogP contribution is -2.47. The third-order valence-corrected chi connectivity index (χ3v) is 6.14. The van der Waals surface area contributed by atoms with Gasteiger partial charge in [0.05, 0.1) is 11.3 Å². The number of nitrogens with zero attached hydrogens (tertiary/aromatic N) is 2. The SMILES string of the molecule is Cc1cccnc1NC(=O)C1CCCN(C(=O)C2(c3ccc(Cl)cc3)CC2)C1. The van der Waals surface area contributed by atoms with Crippen LogP contribution >= 0.6 is 11.6 Å². The molecule has 1 N–H and O–H groups in total. The van der Waals surface area contributed by atoms with Gasteiger partial charge < -0.3 is 10.2 Å². The molecule has 2 heterocycles. The predicted octanol–water partition coefficient (Wildman–Crippen LogP) is 3.95. The second-order valence-electron chi connectivity index (χ2n) is 7.84. The van der Waals surface area contributed by atoms with Crippen molar-refractivity contribution < 1.29 is 9.59 Å². The molecule has 2 aromatic rings. The van der Waals surface area contributed by atoms with Gasteiger partial charge in [0.2, 0.25) is 11.8 Å². The summed E-state index contributed by atoms with van der Waals surface area (Å²) in [6, 6.07) is 11.3. The number of halogens is 1. The fourth-order valence-corrected chi connectivity index (χ4v) is 4.16. The fourth-order valence-electron chi connectivity index (χ4n) is 4.03. The maximum atomic E-state index is 13.3. The van der Waals surface area contributed by atoms with Crippen molar-refractivity contribution in [3.8, 4) is 0 Å². The fraction of sp³-hybridized carbons (Fsp3) is 0.409. The average Bonchev–Trinajstić information content (AvgIpc) is 3.52. The minimum atomic E-state index is -0.430. The van der Waals surface area contributed by atoms with Crippen LogP contribution in [-0.4, -0.2) is 34.8 Å². The third kappa shape index (κ3) is 3.63. The van der Waals surface area contributed by atoms with E-state index in [4.69, 9.17) is 11.6 Å². The Kier molecular flexibility index (Phi) is 5.11. The van der Waals surface area contributed by atoms with Crippen molar-refractivity contribution in [2.45, 2.75) is 38.0 Å². The Labute approximate surface area is 170 Å². The van der Waals surface area contributed by atoms with Gasteiger partial charge in [0, 0.05) is 24.3 Å².